The van der Waals surface area contributed by atoms with Crippen LogP contribution in [0.25, 0.3) is 0 Å². The molecule has 0 spiro atoms. The van der Waals surface area contributed by atoms with Gasteiger partial charge in [-0.3, -0.25) is 4.57 Å². The molecule has 0 heterocycles. The van der Waals surface area contributed by atoms with Crippen molar-refractivity contribution in [2.45, 2.75) is 12.8 Å². The highest BCUT2D eigenvalue weighted by Crippen LogP contribution is 2.46. The third-order valence-corrected chi connectivity index (χ3v) is 2.36. The molecule has 0 aromatic carbocycles. The highest BCUT2D eigenvalue weighted by Gasteiger charge is 2.18. The number of rotatable bonds is 5. The fourth-order valence-electron chi connectivity index (χ4n) is 0.688. The maximum absolute atomic E-state index is 10.8. The van der Waals surface area contributed by atoms with Gasteiger partial charge in [0.05, 0.1) is 0 Å². The van der Waals surface area contributed by atoms with Crippen LogP contribution in [0.15, 0.2) is 36.7 Å². The summed E-state index contributed by atoms with van der Waals surface area (Å²) in [7, 11) is -4.08. The van der Waals surface area contributed by atoms with E-state index >= 15 is 0 Å². The molecule has 0 unspecified atom stereocenters. The lowest BCUT2D eigenvalue weighted by Gasteiger charge is -2.05. The van der Waals surface area contributed by atoms with E-state index in [9.17, 15) is 4.57 Å². The Morgan fingerprint density at radius 3 is 2.25 bits per heavy atom. The fourth-order valence-corrected chi connectivity index (χ4v) is 1.40. The van der Waals surface area contributed by atoms with Crippen LogP contribution in [0.5, 0.6) is 0 Å². The van der Waals surface area contributed by atoms with Crippen molar-refractivity contribution in [3.8, 4) is 0 Å². The summed E-state index contributed by atoms with van der Waals surface area (Å²) in [6.07, 6.45) is 5.22. The van der Waals surface area contributed by atoms with E-state index < -0.39 is 7.60 Å². The molecular weight excluding hydrogens is 175 g/mol. The van der Waals surface area contributed by atoms with E-state index in [1.54, 1.807) is 6.08 Å². The molecule has 68 valence electrons. The summed E-state index contributed by atoms with van der Waals surface area (Å²) in [4.78, 5) is 17.6. The monoisotopic (exact) mass is 188 g/mol. The van der Waals surface area contributed by atoms with E-state index in [4.69, 9.17) is 9.79 Å². The van der Waals surface area contributed by atoms with Crippen LogP contribution in [0.3, 0.4) is 0 Å². The molecule has 0 rings (SSSR count). The van der Waals surface area contributed by atoms with E-state index in [0.29, 0.717) is 6.42 Å². The number of hydrogen-bond acceptors (Lipinski definition) is 1. The van der Waals surface area contributed by atoms with Gasteiger partial charge in [-0.25, -0.2) is 0 Å². The molecule has 0 saturated carbocycles. The third-order valence-electron chi connectivity index (χ3n) is 1.25. The van der Waals surface area contributed by atoms with Crippen LogP contribution in [-0.4, -0.2) is 9.79 Å². The summed E-state index contributed by atoms with van der Waals surface area (Å²) >= 11 is 0. The largest absolute Gasteiger partial charge is 0.352 e. The molecule has 0 aliphatic carbocycles. The van der Waals surface area contributed by atoms with Gasteiger partial charge in [0.2, 0.25) is 0 Å². The Bertz CT molecular complexity index is 237. The van der Waals surface area contributed by atoms with Gasteiger partial charge < -0.3 is 9.79 Å². The topological polar surface area (TPSA) is 57.5 Å². The zero-order valence-corrected chi connectivity index (χ0v) is 7.70. The Balaban J connectivity index is 4.53. The maximum atomic E-state index is 10.8. The Morgan fingerprint density at radius 2 is 1.92 bits per heavy atom. The van der Waals surface area contributed by atoms with Crippen molar-refractivity contribution in [1.29, 1.82) is 0 Å². The molecule has 0 aliphatic rings. The minimum absolute atomic E-state index is 0.109. The lowest BCUT2D eigenvalue weighted by molar-refractivity contribution is 0.381. The van der Waals surface area contributed by atoms with Crippen LogP contribution in [0.2, 0.25) is 0 Å². The zero-order chi connectivity index (χ0) is 9.61. The smallest absolute Gasteiger partial charge is 0.321 e. The molecule has 0 fully saturated rings. The van der Waals surface area contributed by atoms with Gasteiger partial charge in [0.1, 0.15) is 0 Å². The Kier molecular flexibility index (Phi) is 4.83. The first-order chi connectivity index (χ1) is 5.52. The lowest BCUT2D eigenvalue weighted by atomic mass is 10.3. The molecular formula is C8H13O3P. The van der Waals surface area contributed by atoms with Gasteiger partial charge in [0.15, 0.2) is 0 Å². The molecule has 12 heavy (non-hydrogen) atoms. The Morgan fingerprint density at radius 1 is 1.33 bits per heavy atom. The molecule has 0 bridgehead atoms. The molecule has 0 radical (unpaired) electrons. The van der Waals surface area contributed by atoms with Gasteiger partial charge in [-0.05, 0) is 12.8 Å². The second kappa shape index (κ2) is 5.09. The van der Waals surface area contributed by atoms with E-state index in [0.717, 1.165) is 0 Å². The van der Waals surface area contributed by atoms with Crippen LogP contribution < -0.4 is 0 Å². The molecule has 0 amide bonds. The standard InChI is InChI=1S/C8H13O3P/c1-3-5-7-8(6-4-2)12(9,10)11/h3-4,7H,1-2,5-6H2,(H2,9,10,11)/b8-7-. The predicted octanol–water partition coefficient (Wildman–Crippen LogP) is 2.20. The van der Waals surface area contributed by atoms with Crippen LogP contribution in [0.1, 0.15) is 12.8 Å². The van der Waals surface area contributed by atoms with Crippen LogP contribution in [0, 0.1) is 0 Å². The second-order valence-electron chi connectivity index (χ2n) is 2.26. The average molecular weight is 188 g/mol. The highest BCUT2D eigenvalue weighted by molar-refractivity contribution is 7.56. The van der Waals surface area contributed by atoms with Crippen molar-refractivity contribution in [2.24, 2.45) is 0 Å². The summed E-state index contributed by atoms with van der Waals surface area (Å²) in [6.45, 7) is 6.86. The summed E-state index contributed by atoms with van der Waals surface area (Å²) < 4.78 is 10.8. The fraction of sp³-hybridized carbons (Fsp3) is 0.250. The molecule has 0 saturated heterocycles. The highest BCUT2D eigenvalue weighted by atomic mass is 31.2. The Labute approximate surface area is 72.3 Å². The quantitative estimate of drug-likeness (QED) is 0.513. The van der Waals surface area contributed by atoms with E-state index in [1.165, 1.54) is 12.2 Å². The van der Waals surface area contributed by atoms with E-state index in [2.05, 4.69) is 13.2 Å². The zero-order valence-electron chi connectivity index (χ0n) is 6.81. The molecule has 0 aliphatic heterocycles. The molecule has 0 aromatic rings. The summed E-state index contributed by atoms with van der Waals surface area (Å²) in [6, 6.07) is 0. The van der Waals surface area contributed by atoms with Crippen LogP contribution >= 0.6 is 7.60 Å². The van der Waals surface area contributed by atoms with Gasteiger partial charge in [-0.15, -0.1) is 13.2 Å². The first-order valence-corrected chi connectivity index (χ1v) is 5.10. The average Bonchev–Trinajstić information content (AvgIpc) is 1.95. The van der Waals surface area contributed by atoms with Gasteiger partial charge in [0, 0.05) is 5.31 Å². The third kappa shape index (κ3) is 4.29. The normalized spacial score (nSPS) is 12.7. The van der Waals surface area contributed by atoms with Crippen molar-refractivity contribution in [1.82, 2.24) is 0 Å². The first-order valence-electron chi connectivity index (χ1n) is 3.49. The SMILES string of the molecule is C=CC/C=C(/CC=C)P(=O)(O)O. The minimum Gasteiger partial charge on any atom is -0.321 e. The molecule has 2 N–H and O–H groups in total. The van der Waals surface area contributed by atoms with Crippen LogP contribution in [0.4, 0.5) is 0 Å². The van der Waals surface area contributed by atoms with E-state index in [-0.39, 0.29) is 11.7 Å². The van der Waals surface area contributed by atoms with Crippen LogP contribution in [-0.2, 0) is 4.57 Å². The number of allylic oxidation sites excluding steroid dienone is 4. The minimum atomic E-state index is -4.08. The summed E-state index contributed by atoms with van der Waals surface area (Å²) in [5.41, 5.74) is 0. The number of hydrogen-bond donors (Lipinski definition) is 2. The predicted molar refractivity (Wildman–Crippen MR) is 49.8 cm³/mol. The second-order valence-corrected chi connectivity index (χ2v) is 3.92. The molecule has 3 nitrogen and oxygen atoms in total. The van der Waals surface area contributed by atoms with Crippen molar-refractivity contribution in [3.05, 3.63) is 36.7 Å². The Hall–Kier alpha value is -0.630. The van der Waals surface area contributed by atoms with Gasteiger partial charge >= 0.3 is 7.60 Å². The van der Waals surface area contributed by atoms with Gasteiger partial charge in [-0.2, -0.15) is 0 Å². The van der Waals surface area contributed by atoms with Gasteiger partial charge in [0.25, 0.3) is 0 Å². The first kappa shape index (κ1) is 11.4. The van der Waals surface area contributed by atoms with E-state index in [1.807, 2.05) is 0 Å². The van der Waals surface area contributed by atoms with Crippen molar-refractivity contribution >= 4 is 7.60 Å². The summed E-state index contributed by atoms with van der Waals surface area (Å²) in [5.74, 6) is 0. The summed E-state index contributed by atoms with van der Waals surface area (Å²) in [5, 5.41) is 0.109. The van der Waals surface area contributed by atoms with Crippen molar-refractivity contribution in [2.75, 3.05) is 0 Å². The van der Waals surface area contributed by atoms with Crippen molar-refractivity contribution < 1.29 is 14.4 Å². The maximum Gasteiger partial charge on any atom is 0.352 e. The molecule has 0 atom stereocenters. The molecule has 0 aromatic heterocycles. The van der Waals surface area contributed by atoms with Gasteiger partial charge in [-0.1, -0.05) is 18.2 Å². The molecule has 4 heteroatoms. The lowest BCUT2D eigenvalue weighted by Crippen LogP contribution is -1.84. The van der Waals surface area contributed by atoms with Crippen molar-refractivity contribution in [3.63, 3.8) is 0 Å².